The number of ether oxygens (including phenoxy) is 4. The van der Waals surface area contributed by atoms with Gasteiger partial charge in [0.05, 0.1) is 69.3 Å². The Hall–Kier alpha value is -8.06. The summed E-state index contributed by atoms with van der Waals surface area (Å²) < 4.78 is 41.1. The topological polar surface area (TPSA) is 270 Å². The largest absolute Gasteiger partial charge is 0.445 e. The third-order valence-electron chi connectivity index (χ3n) is 17.5. The number of urea groups is 1. The highest BCUT2D eigenvalue weighted by Crippen LogP contribution is 2.40. The summed E-state index contributed by atoms with van der Waals surface area (Å²) in [5.41, 5.74) is 12.2. The zero-order valence-corrected chi connectivity index (χ0v) is 53.0. The second kappa shape index (κ2) is 32.8. The number of piperidine rings is 2. The van der Waals surface area contributed by atoms with Crippen LogP contribution in [0.3, 0.4) is 0 Å². The molecule has 2 aromatic carbocycles. The van der Waals surface area contributed by atoms with Crippen molar-refractivity contribution in [1.29, 1.82) is 0 Å². The van der Waals surface area contributed by atoms with Gasteiger partial charge in [0.25, 0.3) is 0 Å². The second-order valence-corrected chi connectivity index (χ2v) is 24.7. The predicted octanol–water partition coefficient (Wildman–Crippen LogP) is 6.94. The van der Waals surface area contributed by atoms with E-state index in [1.54, 1.807) is 43.0 Å². The van der Waals surface area contributed by atoms with Crippen molar-refractivity contribution in [2.45, 2.75) is 135 Å². The number of aryl methyl sites for hydroxylation is 2. The van der Waals surface area contributed by atoms with Crippen molar-refractivity contribution in [2.75, 3.05) is 101 Å². The molecule has 0 bridgehead atoms. The fourth-order valence-electron chi connectivity index (χ4n) is 12.5. The number of carbonyl (C=O) groups excluding carboxylic acids is 5. The first-order valence-corrected chi connectivity index (χ1v) is 32.1. The summed E-state index contributed by atoms with van der Waals surface area (Å²) in [4.78, 5) is 102. The molecule has 1 saturated carbocycles. The molecule has 3 aromatic heterocycles. The maximum Gasteiger partial charge on any atom is 0.410 e. The Morgan fingerprint density at radius 3 is 2.30 bits per heavy atom. The maximum absolute atomic E-state index is 16.7. The number of aromatic nitrogens is 3. The summed E-state index contributed by atoms with van der Waals surface area (Å²) >= 11 is 0. The third-order valence-corrected chi connectivity index (χ3v) is 17.5. The van der Waals surface area contributed by atoms with Crippen LogP contribution in [0.15, 0.2) is 89.0 Å². The summed E-state index contributed by atoms with van der Waals surface area (Å²) in [5, 5.41) is 11.3. The number of primary amides is 1. The number of aliphatic imine (C=N–C) groups is 1. The number of amides is 6. The van der Waals surface area contributed by atoms with Crippen LogP contribution in [0.5, 0.6) is 0 Å². The van der Waals surface area contributed by atoms with Crippen LogP contribution in [-0.2, 0) is 53.0 Å². The molecular weight excluding hydrogens is 1170 g/mol. The second-order valence-electron chi connectivity index (χ2n) is 24.7. The molecule has 1 aliphatic carbocycles. The van der Waals surface area contributed by atoms with Gasteiger partial charge in [-0.15, -0.1) is 0 Å². The van der Waals surface area contributed by atoms with Gasteiger partial charge in [-0.25, -0.2) is 14.0 Å². The number of nitrogens with zero attached hydrogens (tertiary/aromatic N) is 8. The van der Waals surface area contributed by atoms with Crippen LogP contribution in [0, 0.1) is 31.5 Å². The lowest BCUT2D eigenvalue weighted by atomic mass is 9.92. The lowest BCUT2D eigenvalue weighted by Crippen LogP contribution is -2.54. The minimum absolute atomic E-state index is 0.000743. The first-order chi connectivity index (χ1) is 44.0. The Balaban J connectivity index is 0.775. The van der Waals surface area contributed by atoms with Gasteiger partial charge in [0.15, 0.2) is 5.43 Å². The first kappa shape index (κ1) is 67.3. The lowest BCUT2D eigenvalue weighted by molar-refractivity contribution is -0.132. The number of halogens is 1. The molecule has 0 spiro atoms. The molecule has 5 aromatic rings. The van der Waals surface area contributed by atoms with Crippen molar-refractivity contribution < 1.29 is 47.3 Å². The molecule has 490 valence electrons. The Morgan fingerprint density at radius 2 is 1.58 bits per heavy atom. The molecule has 24 heteroatoms. The average molecular weight is 1260 g/mol. The average Bonchev–Trinajstić information content (AvgIpc) is 1.75. The number of hydrogen-bond acceptors (Lipinski definition) is 16. The number of likely N-dealkylation sites (tertiary alicyclic amines) is 1. The van der Waals surface area contributed by atoms with Crippen LogP contribution in [0.2, 0.25) is 0 Å². The van der Waals surface area contributed by atoms with E-state index >= 15 is 4.39 Å². The molecule has 3 aliphatic heterocycles. The summed E-state index contributed by atoms with van der Waals surface area (Å²) in [6, 6.07) is 16.0. The van der Waals surface area contributed by atoms with E-state index in [0.29, 0.717) is 106 Å². The molecule has 4 aliphatic rings. The van der Waals surface area contributed by atoms with Crippen LogP contribution in [0.25, 0.3) is 10.9 Å². The van der Waals surface area contributed by atoms with Gasteiger partial charge in [-0.2, -0.15) is 0 Å². The number of rotatable bonds is 32. The number of carbonyl (C=O) groups is 5. The first-order valence-electron chi connectivity index (χ1n) is 32.1. The number of pyridine rings is 3. The van der Waals surface area contributed by atoms with E-state index in [0.717, 1.165) is 73.3 Å². The normalized spacial score (nSPS) is 18.0. The Labute approximate surface area is 532 Å². The number of hydrogen-bond donors (Lipinski definition) is 5. The summed E-state index contributed by atoms with van der Waals surface area (Å²) in [6.45, 7) is 17.9. The van der Waals surface area contributed by atoms with Gasteiger partial charge < -0.3 is 65.2 Å². The third kappa shape index (κ3) is 19.0. The standard InChI is InChI=1S/C67H90FN13O10/c1-44(2)62(76-61(82)21-28-88-30-32-90-33-31-89-29-24-70-5)65(85)75-57(9-6-22-72-66(69)86)64(84)74-51-13-11-47(12-14-51)43-91-67(87)80-27-19-49-39-78(26-20-58(49)80)60-36-59-55(35-56(60)68)63(83)50(41-81(59)52-16-17-52)40-79(38-48-18-23-71-46(4)34-48)54-8-7-25-77(42-54)53-15-10-45(3)73-37-53/h10-15,18,23,34-37,41,44,49,52,54,57-58,62H,5-9,16-17,19-22,24-33,38-40,42-43H2,1-4H3,(H,74,84)(H,75,85)(H,76,82)(H3,69,72,86)/t49?,54-,57-,58?,62-/m0/s1. The molecule has 3 saturated heterocycles. The van der Waals surface area contributed by atoms with Crippen LogP contribution in [0.1, 0.15) is 106 Å². The molecule has 4 fully saturated rings. The van der Waals surface area contributed by atoms with E-state index in [-0.39, 0.29) is 74.6 Å². The van der Waals surface area contributed by atoms with Gasteiger partial charge in [-0.3, -0.25) is 39.0 Å². The molecule has 6 heterocycles. The smallest absolute Gasteiger partial charge is 0.410 e. The summed E-state index contributed by atoms with van der Waals surface area (Å²) in [5.74, 6) is -2.17. The van der Waals surface area contributed by atoms with Gasteiger partial charge in [0.1, 0.15) is 24.5 Å². The van der Waals surface area contributed by atoms with Crippen molar-refractivity contribution >= 4 is 64.5 Å². The van der Waals surface area contributed by atoms with E-state index in [9.17, 15) is 28.8 Å². The van der Waals surface area contributed by atoms with Crippen molar-refractivity contribution in [2.24, 2.45) is 22.6 Å². The predicted molar refractivity (Wildman–Crippen MR) is 347 cm³/mol. The Bertz CT molecular complexity index is 3350. The molecule has 6 N–H and O–H groups in total. The van der Waals surface area contributed by atoms with E-state index in [1.165, 1.54) is 6.07 Å². The Morgan fingerprint density at radius 1 is 0.813 bits per heavy atom. The zero-order valence-electron chi connectivity index (χ0n) is 53.0. The highest BCUT2D eigenvalue weighted by Gasteiger charge is 2.42. The van der Waals surface area contributed by atoms with Gasteiger partial charge >= 0.3 is 12.1 Å². The molecule has 0 radical (unpaired) electrons. The van der Waals surface area contributed by atoms with Crippen LogP contribution in [-0.4, -0.2) is 171 Å². The lowest BCUT2D eigenvalue weighted by Gasteiger charge is -2.40. The summed E-state index contributed by atoms with van der Waals surface area (Å²) in [6.07, 6.45) is 11.1. The number of nitrogens with one attached hydrogen (secondary N) is 4. The van der Waals surface area contributed by atoms with Gasteiger partial charge in [0, 0.05) is 117 Å². The molecule has 2 unspecified atom stereocenters. The quantitative estimate of drug-likeness (QED) is 0.0216. The minimum atomic E-state index is -1.05. The monoisotopic (exact) mass is 1260 g/mol. The highest BCUT2D eigenvalue weighted by atomic mass is 19.1. The maximum atomic E-state index is 16.7. The van der Waals surface area contributed by atoms with E-state index in [4.69, 9.17) is 24.7 Å². The number of anilines is 3. The van der Waals surface area contributed by atoms with Crippen molar-refractivity contribution in [1.82, 2.24) is 40.3 Å². The fraction of sp³-hybridized carbons (Fsp3) is 0.537. The fourth-order valence-corrected chi connectivity index (χ4v) is 12.5. The van der Waals surface area contributed by atoms with Crippen molar-refractivity contribution in [3.63, 3.8) is 0 Å². The SMILES string of the molecule is C=NCCOCCOCCOCCC(=O)N[C@H](C(=O)N[C@@H](CCCNC(N)=O)C(=O)Nc1ccc(COC(=O)N2CCC3CN(c4cc5c(cc4F)c(=O)c(CN(Cc4ccnc(C)c4)[C@H]4CCCN(c6ccc(C)nc6)C4)cn5C4CC4)CCC32)cc1)C(C)C. The number of nitrogens with two attached hydrogens (primary N) is 1. The van der Waals surface area contributed by atoms with Crippen LogP contribution < -0.4 is 42.2 Å². The number of fused-ring (bicyclic) bond motifs is 2. The Kier molecular flexibility index (Phi) is 24.3. The van der Waals surface area contributed by atoms with Gasteiger partial charge in [-0.05, 0) is 143 Å². The zero-order chi connectivity index (χ0) is 64.4. The molecule has 5 atom stereocenters. The van der Waals surface area contributed by atoms with E-state index < -0.39 is 47.7 Å². The molecule has 9 rings (SSSR count). The molecule has 6 amide bonds. The number of benzene rings is 2. The molecule has 23 nitrogen and oxygen atoms in total. The minimum Gasteiger partial charge on any atom is -0.445 e. The van der Waals surface area contributed by atoms with E-state index in [2.05, 4.69) is 74.3 Å². The van der Waals surface area contributed by atoms with E-state index in [1.807, 2.05) is 50.6 Å². The van der Waals surface area contributed by atoms with Crippen LogP contribution in [0.4, 0.5) is 31.0 Å². The molecular formula is C67H90FN13O10. The van der Waals surface area contributed by atoms with Gasteiger partial charge in [-0.1, -0.05) is 26.0 Å². The van der Waals surface area contributed by atoms with Crippen molar-refractivity contribution in [3.05, 3.63) is 123 Å². The van der Waals surface area contributed by atoms with Crippen LogP contribution >= 0.6 is 0 Å². The summed E-state index contributed by atoms with van der Waals surface area (Å²) in [7, 11) is 0. The van der Waals surface area contributed by atoms with Gasteiger partial charge in [0.2, 0.25) is 17.7 Å². The van der Waals surface area contributed by atoms with Crippen molar-refractivity contribution in [3.8, 4) is 0 Å². The molecule has 91 heavy (non-hydrogen) atoms. The highest BCUT2D eigenvalue weighted by molar-refractivity contribution is 5.98.